The van der Waals surface area contributed by atoms with Gasteiger partial charge in [0.2, 0.25) is 0 Å². The van der Waals surface area contributed by atoms with Crippen LogP contribution in [0.25, 0.3) is 10.1 Å². The summed E-state index contributed by atoms with van der Waals surface area (Å²) in [5.41, 5.74) is 0.215. The third-order valence-electron chi connectivity index (χ3n) is 2.26. The molecule has 0 fully saturated rings. The molecule has 1 nitrogen and oxygen atoms in total. The number of benzene rings is 1. The standard InChI is InChI=1S/C10H8F2OS/c1-5-7(13)4-8-6(2-3-14-8)9(5)10(11)12/h2-4,10,13H,1H3. The molecule has 0 spiro atoms. The Morgan fingerprint density at radius 1 is 1.43 bits per heavy atom. The highest BCUT2D eigenvalue weighted by Crippen LogP contribution is 2.37. The van der Waals surface area contributed by atoms with Gasteiger partial charge in [0, 0.05) is 21.2 Å². The van der Waals surface area contributed by atoms with Crippen molar-refractivity contribution in [3.05, 3.63) is 28.6 Å². The summed E-state index contributed by atoms with van der Waals surface area (Å²) < 4.78 is 26.1. The Morgan fingerprint density at radius 2 is 2.14 bits per heavy atom. The Morgan fingerprint density at radius 3 is 2.79 bits per heavy atom. The first-order chi connectivity index (χ1) is 6.61. The minimum atomic E-state index is -2.54. The third kappa shape index (κ3) is 1.26. The lowest BCUT2D eigenvalue weighted by molar-refractivity contribution is 0.152. The number of fused-ring (bicyclic) bond motifs is 1. The average Bonchev–Trinajstić information content (AvgIpc) is 2.52. The fourth-order valence-corrected chi connectivity index (χ4v) is 2.34. The van der Waals surface area contributed by atoms with E-state index < -0.39 is 6.43 Å². The van der Waals surface area contributed by atoms with Crippen molar-refractivity contribution in [2.75, 3.05) is 0 Å². The predicted octanol–water partition coefficient (Wildman–Crippen LogP) is 3.85. The van der Waals surface area contributed by atoms with Crippen LogP contribution in [0.15, 0.2) is 17.5 Å². The molecule has 1 aromatic carbocycles. The Kier molecular flexibility index (Phi) is 2.15. The van der Waals surface area contributed by atoms with Crippen LogP contribution >= 0.6 is 11.3 Å². The van der Waals surface area contributed by atoms with Gasteiger partial charge >= 0.3 is 0 Å². The lowest BCUT2D eigenvalue weighted by atomic mass is 10.0. The molecule has 1 aromatic heterocycles. The summed E-state index contributed by atoms with van der Waals surface area (Å²) in [5.74, 6) is -0.0600. The average molecular weight is 214 g/mol. The van der Waals surface area contributed by atoms with Crippen molar-refractivity contribution >= 4 is 21.4 Å². The quantitative estimate of drug-likeness (QED) is 0.764. The largest absolute Gasteiger partial charge is 0.508 e. The Hall–Kier alpha value is -1.16. The highest BCUT2D eigenvalue weighted by molar-refractivity contribution is 7.17. The van der Waals surface area contributed by atoms with Gasteiger partial charge in [-0.15, -0.1) is 11.3 Å². The fraction of sp³-hybridized carbons (Fsp3) is 0.200. The highest BCUT2D eigenvalue weighted by Gasteiger charge is 2.18. The van der Waals surface area contributed by atoms with E-state index in [4.69, 9.17) is 0 Å². The van der Waals surface area contributed by atoms with Crippen LogP contribution in [0.1, 0.15) is 17.6 Å². The maximum Gasteiger partial charge on any atom is 0.264 e. The van der Waals surface area contributed by atoms with E-state index in [0.717, 1.165) is 0 Å². The van der Waals surface area contributed by atoms with Crippen molar-refractivity contribution in [3.63, 3.8) is 0 Å². The summed E-state index contributed by atoms with van der Waals surface area (Å²) in [4.78, 5) is 0. The number of hydrogen-bond donors (Lipinski definition) is 1. The van der Waals surface area contributed by atoms with Gasteiger partial charge in [0.1, 0.15) is 5.75 Å². The summed E-state index contributed by atoms with van der Waals surface area (Å²) in [6.45, 7) is 1.51. The third-order valence-corrected chi connectivity index (χ3v) is 3.12. The molecule has 0 bridgehead atoms. The summed E-state index contributed by atoms with van der Waals surface area (Å²) in [6.07, 6.45) is -2.54. The van der Waals surface area contributed by atoms with Crippen molar-refractivity contribution < 1.29 is 13.9 Å². The number of phenols is 1. The monoisotopic (exact) mass is 214 g/mol. The number of rotatable bonds is 1. The van der Waals surface area contributed by atoms with Crippen LogP contribution in [-0.4, -0.2) is 5.11 Å². The lowest BCUT2D eigenvalue weighted by Crippen LogP contribution is -1.90. The van der Waals surface area contributed by atoms with Gasteiger partial charge in [-0.2, -0.15) is 0 Å². The predicted molar refractivity (Wildman–Crippen MR) is 53.2 cm³/mol. The van der Waals surface area contributed by atoms with Gasteiger partial charge in [0.15, 0.2) is 0 Å². The highest BCUT2D eigenvalue weighted by atomic mass is 32.1. The second-order valence-corrected chi connectivity index (χ2v) is 4.02. The molecule has 2 rings (SSSR count). The summed E-state index contributed by atoms with van der Waals surface area (Å²) in [7, 11) is 0. The number of aromatic hydroxyl groups is 1. The zero-order chi connectivity index (χ0) is 10.3. The van der Waals surface area contributed by atoms with Crippen LogP contribution < -0.4 is 0 Å². The van der Waals surface area contributed by atoms with Crippen LogP contribution in [0.2, 0.25) is 0 Å². The lowest BCUT2D eigenvalue weighted by Gasteiger charge is -2.08. The van der Waals surface area contributed by atoms with Gasteiger partial charge in [-0.25, -0.2) is 8.78 Å². The van der Waals surface area contributed by atoms with Crippen molar-refractivity contribution in [2.45, 2.75) is 13.3 Å². The van der Waals surface area contributed by atoms with Crippen molar-refractivity contribution in [2.24, 2.45) is 0 Å². The number of phenolic OH excluding ortho intramolecular Hbond substituents is 1. The van der Waals surface area contributed by atoms with Crippen LogP contribution in [-0.2, 0) is 0 Å². The van der Waals surface area contributed by atoms with Crippen molar-refractivity contribution in [3.8, 4) is 5.75 Å². The van der Waals surface area contributed by atoms with E-state index in [-0.39, 0.29) is 16.9 Å². The molecule has 0 amide bonds. The summed E-state index contributed by atoms with van der Waals surface area (Å²) in [5, 5.41) is 11.7. The number of hydrogen-bond acceptors (Lipinski definition) is 2. The van der Waals surface area contributed by atoms with E-state index in [1.165, 1.54) is 24.3 Å². The molecular weight excluding hydrogens is 206 g/mol. The molecule has 0 saturated carbocycles. The first-order valence-electron chi connectivity index (χ1n) is 4.09. The van der Waals surface area contributed by atoms with Gasteiger partial charge in [-0.3, -0.25) is 0 Å². The molecule has 4 heteroatoms. The Balaban J connectivity index is 2.86. The van der Waals surface area contributed by atoms with Crippen molar-refractivity contribution in [1.82, 2.24) is 0 Å². The van der Waals surface area contributed by atoms with E-state index in [0.29, 0.717) is 10.1 Å². The van der Waals surface area contributed by atoms with Crippen LogP contribution in [0.4, 0.5) is 8.78 Å². The molecule has 74 valence electrons. The Labute approximate surface area is 83.6 Å². The first kappa shape index (κ1) is 9.40. The zero-order valence-electron chi connectivity index (χ0n) is 7.42. The van der Waals surface area contributed by atoms with Gasteiger partial charge in [0.25, 0.3) is 6.43 Å². The molecule has 0 saturated heterocycles. The molecule has 2 aromatic rings. The SMILES string of the molecule is Cc1c(O)cc2sccc2c1C(F)F. The van der Waals surface area contributed by atoms with Gasteiger partial charge in [-0.1, -0.05) is 0 Å². The Bertz CT molecular complexity index is 476. The summed E-state index contributed by atoms with van der Waals surface area (Å²) >= 11 is 1.35. The molecule has 0 aliphatic carbocycles. The number of halogens is 2. The maximum absolute atomic E-state index is 12.7. The second kappa shape index (κ2) is 3.20. The zero-order valence-corrected chi connectivity index (χ0v) is 8.24. The summed E-state index contributed by atoms with van der Waals surface area (Å²) in [6, 6.07) is 3.19. The van der Waals surface area contributed by atoms with E-state index >= 15 is 0 Å². The first-order valence-corrected chi connectivity index (χ1v) is 4.97. The molecule has 0 atom stereocenters. The molecule has 0 aliphatic rings. The molecular formula is C10H8F2OS. The van der Waals surface area contributed by atoms with Gasteiger partial charge in [0.05, 0.1) is 0 Å². The fourth-order valence-electron chi connectivity index (χ4n) is 1.51. The second-order valence-electron chi connectivity index (χ2n) is 3.07. The molecule has 1 N–H and O–H groups in total. The van der Waals surface area contributed by atoms with Crippen molar-refractivity contribution in [1.29, 1.82) is 0 Å². The molecule has 1 heterocycles. The number of alkyl halides is 2. The molecule has 0 unspecified atom stereocenters. The smallest absolute Gasteiger partial charge is 0.264 e. The van der Waals surface area contributed by atoms with E-state index in [2.05, 4.69) is 0 Å². The van der Waals surface area contributed by atoms with Crippen LogP contribution in [0.5, 0.6) is 5.75 Å². The van der Waals surface area contributed by atoms with Gasteiger partial charge in [-0.05, 0) is 24.4 Å². The molecule has 0 aliphatic heterocycles. The van der Waals surface area contributed by atoms with E-state index in [1.54, 1.807) is 11.4 Å². The minimum Gasteiger partial charge on any atom is -0.508 e. The number of thiophene rings is 1. The minimum absolute atomic E-state index is 0.0544. The maximum atomic E-state index is 12.7. The van der Waals surface area contributed by atoms with E-state index in [1.807, 2.05) is 0 Å². The van der Waals surface area contributed by atoms with Crippen LogP contribution in [0.3, 0.4) is 0 Å². The van der Waals surface area contributed by atoms with Crippen LogP contribution in [0, 0.1) is 6.92 Å². The van der Waals surface area contributed by atoms with E-state index in [9.17, 15) is 13.9 Å². The molecule has 0 radical (unpaired) electrons. The van der Waals surface area contributed by atoms with Gasteiger partial charge < -0.3 is 5.11 Å². The topological polar surface area (TPSA) is 20.2 Å². The normalized spacial score (nSPS) is 11.4. The molecule has 14 heavy (non-hydrogen) atoms.